The molecule has 0 unspecified atom stereocenters. The van der Waals surface area contributed by atoms with Crippen molar-refractivity contribution in [3.8, 4) is 6.07 Å². The molecule has 1 aromatic heterocycles. The van der Waals surface area contributed by atoms with Crippen LogP contribution in [0.5, 0.6) is 0 Å². The number of nitriles is 1. The Labute approximate surface area is 105 Å². The molecule has 1 N–H and O–H groups in total. The fourth-order valence-corrected chi connectivity index (χ4v) is 1.40. The Morgan fingerprint density at radius 1 is 1.33 bits per heavy atom. The molecule has 18 heavy (non-hydrogen) atoms. The highest BCUT2D eigenvalue weighted by molar-refractivity contribution is 5.80. The molecule has 5 nitrogen and oxygen atoms in total. The highest BCUT2D eigenvalue weighted by atomic mass is 16.4. The quantitative estimate of drug-likeness (QED) is 0.661. The number of rotatable bonds is 3. The monoisotopic (exact) mass is 240 g/mol. The minimum Gasteiger partial charge on any atom is -0.422 e. The zero-order valence-electron chi connectivity index (χ0n) is 10.1. The maximum absolute atomic E-state index is 8.81. The van der Waals surface area contributed by atoms with E-state index in [4.69, 9.17) is 9.68 Å². The molecule has 0 aliphatic carbocycles. The van der Waals surface area contributed by atoms with E-state index in [9.17, 15) is 0 Å². The molecule has 90 valence electrons. The first-order valence-electron chi connectivity index (χ1n) is 5.42. The Balaban J connectivity index is 2.07. The number of aromatic nitrogens is 1. The average Bonchev–Trinajstić information content (AvgIpc) is 2.72. The Kier molecular flexibility index (Phi) is 3.39. The molecule has 2 rings (SSSR count). The molecule has 0 spiro atoms. The van der Waals surface area contributed by atoms with E-state index in [-0.39, 0.29) is 11.6 Å². The number of benzene rings is 1. The largest absolute Gasteiger partial charge is 0.422 e. The lowest BCUT2D eigenvalue weighted by molar-refractivity contribution is 0.533. The second kappa shape index (κ2) is 5.15. The molecule has 2 aromatic rings. The summed E-state index contributed by atoms with van der Waals surface area (Å²) in [5.41, 5.74) is 5.02. The summed E-state index contributed by atoms with van der Waals surface area (Å²) in [5, 5.41) is 12.8. The summed E-state index contributed by atoms with van der Waals surface area (Å²) in [7, 11) is 0. The maximum Gasteiger partial charge on any atom is 0.252 e. The maximum atomic E-state index is 8.81. The van der Waals surface area contributed by atoms with Crippen LogP contribution in [0.1, 0.15) is 22.7 Å². The number of hydrogen-bond acceptors (Lipinski definition) is 5. The minimum atomic E-state index is 0.202. The van der Waals surface area contributed by atoms with Crippen LogP contribution in [0.15, 0.2) is 33.8 Å². The molecular weight excluding hydrogens is 228 g/mol. The van der Waals surface area contributed by atoms with Gasteiger partial charge in [0, 0.05) is 6.92 Å². The lowest BCUT2D eigenvalue weighted by Crippen LogP contribution is -1.91. The number of oxazole rings is 1. The van der Waals surface area contributed by atoms with Crippen LogP contribution in [0.4, 0.5) is 5.88 Å². The van der Waals surface area contributed by atoms with Crippen LogP contribution in [0.25, 0.3) is 0 Å². The van der Waals surface area contributed by atoms with Crippen molar-refractivity contribution in [2.45, 2.75) is 13.8 Å². The number of hydrogen-bond donors (Lipinski definition) is 1. The molecule has 0 amide bonds. The zero-order valence-corrected chi connectivity index (χ0v) is 10.1. The predicted octanol–water partition coefficient (Wildman–Crippen LogP) is 2.61. The average molecular weight is 240 g/mol. The van der Waals surface area contributed by atoms with E-state index in [1.165, 1.54) is 5.56 Å². The molecule has 0 bridgehead atoms. The number of nitrogens with zero attached hydrogens (tertiary/aromatic N) is 3. The Morgan fingerprint density at radius 2 is 2.06 bits per heavy atom. The summed E-state index contributed by atoms with van der Waals surface area (Å²) in [6.07, 6.45) is 1.65. The van der Waals surface area contributed by atoms with Gasteiger partial charge in [0.25, 0.3) is 5.88 Å². The van der Waals surface area contributed by atoms with Crippen molar-refractivity contribution in [1.29, 1.82) is 5.26 Å². The Hall–Kier alpha value is -2.61. The molecule has 1 aromatic carbocycles. The van der Waals surface area contributed by atoms with Crippen LogP contribution in [-0.4, -0.2) is 11.2 Å². The van der Waals surface area contributed by atoms with Gasteiger partial charge in [-0.3, -0.25) is 0 Å². The Morgan fingerprint density at radius 3 is 2.72 bits per heavy atom. The second-order valence-corrected chi connectivity index (χ2v) is 3.80. The minimum absolute atomic E-state index is 0.202. The van der Waals surface area contributed by atoms with Crippen LogP contribution in [0.3, 0.4) is 0 Å². The molecule has 1 heterocycles. The van der Waals surface area contributed by atoms with E-state index in [0.29, 0.717) is 5.89 Å². The number of nitrogens with one attached hydrogen (secondary N) is 1. The SMILES string of the molecule is Cc1ccc(C=NNc2oc(C)nc2C#N)cc1. The van der Waals surface area contributed by atoms with E-state index in [1.54, 1.807) is 13.1 Å². The molecule has 5 heteroatoms. The van der Waals surface area contributed by atoms with E-state index in [1.807, 2.05) is 37.3 Å². The van der Waals surface area contributed by atoms with Crippen molar-refractivity contribution < 1.29 is 4.42 Å². The van der Waals surface area contributed by atoms with Gasteiger partial charge >= 0.3 is 0 Å². The molecule has 0 saturated carbocycles. The summed E-state index contributed by atoms with van der Waals surface area (Å²) >= 11 is 0. The number of aryl methyl sites for hydroxylation is 2. The molecule has 0 radical (unpaired) electrons. The summed E-state index contributed by atoms with van der Waals surface area (Å²) in [6.45, 7) is 3.70. The lowest BCUT2D eigenvalue weighted by atomic mass is 10.2. The van der Waals surface area contributed by atoms with Gasteiger partial charge in [-0.25, -0.2) is 10.4 Å². The second-order valence-electron chi connectivity index (χ2n) is 3.80. The van der Waals surface area contributed by atoms with Gasteiger partial charge in [0.1, 0.15) is 6.07 Å². The van der Waals surface area contributed by atoms with E-state index in [0.717, 1.165) is 5.56 Å². The first kappa shape index (κ1) is 11.9. The van der Waals surface area contributed by atoms with Crippen molar-refractivity contribution in [2.75, 3.05) is 5.43 Å². The van der Waals surface area contributed by atoms with Gasteiger partial charge < -0.3 is 4.42 Å². The van der Waals surface area contributed by atoms with Crippen molar-refractivity contribution in [3.63, 3.8) is 0 Å². The van der Waals surface area contributed by atoms with Gasteiger partial charge in [0.2, 0.25) is 5.69 Å². The van der Waals surface area contributed by atoms with Crippen LogP contribution >= 0.6 is 0 Å². The van der Waals surface area contributed by atoms with Gasteiger partial charge in [0.15, 0.2) is 5.89 Å². The van der Waals surface area contributed by atoms with Crippen LogP contribution in [0, 0.1) is 25.2 Å². The highest BCUT2D eigenvalue weighted by Gasteiger charge is 2.08. The molecule has 0 saturated heterocycles. The molecule has 0 aliphatic rings. The number of anilines is 1. The van der Waals surface area contributed by atoms with Gasteiger partial charge in [-0.05, 0) is 12.5 Å². The zero-order chi connectivity index (χ0) is 13.0. The third-order valence-corrected chi connectivity index (χ3v) is 2.30. The smallest absolute Gasteiger partial charge is 0.252 e. The van der Waals surface area contributed by atoms with Crippen LogP contribution < -0.4 is 5.43 Å². The van der Waals surface area contributed by atoms with Gasteiger partial charge in [-0.15, -0.1) is 0 Å². The third-order valence-electron chi connectivity index (χ3n) is 2.30. The standard InChI is InChI=1S/C13H12N4O/c1-9-3-5-11(6-4-9)8-15-17-13-12(7-14)16-10(2)18-13/h3-6,8,17H,1-2H3. The van der Waals surface area contributed by atoms with Crippen LogP contribution in [-0.2, 0) is 0 Å². The van der Waals surface area contributed by atoms with Gasteiger partial charge in [0.05, 0.1) is 6.21 Å². The van der Waals surface area contributed by atoms with E-state index in [2.05, 4.69) is 15.5 Å². The van der Waals surface area contributed by atoms with Crippen molar-refractivity contribution in [3.05, 3.63) is 47.0 Å². The summed E-state index contributed by atoms with van der Waals surface area (Å²) < 4.78 is 5.20. The van der Waals surface area contributed by atoms with Crippen molar-refractivity contribution >= 4 is 12.1 Å². The summed E-state index contributed by atoms with van der Waals surface area (Å²) in [5.74, 6) is 0.693. The highest BCUT2D eigenvalue weighted by Crippen LogP contribution is 2.15. The molecule has 0 atom stereocenters. The summed E-state index contributed by atoms with van der Waals surface area (Å²) in [6, 6.07) is 9.84. The first-order valence-corrected chi connectivity index (χ1v) is 5.42. The fraction of sp³-hybridized carbons (Fsp3) is 0.154. The predicted molar refractivity (Wildman–Crippen MR) is 68.4 cm³/mol. The lowest BCUT2D eigenvalue weighted by Gasteiger charge is -1.95. The van der Waals surface area contributed by atoms with Gasteiger partial charge in [-0.2, -0.15) is 10.4 Å². The molecular formula is C13H12N4O. The van der Waals surface area contributed by atoms with Crippen molar-refractivity contribution in [1.82, 2.24) is 4.98 Å². The number of hydrazone groups is 1. The normalized spacial score (nSPS) is 10.5. The van der Waals surface area contributed by atoms with Crippen molar-refractivity contribution in [2.24, 2.45) is 5.10 Å². The van der Waals surface area contributed by atoms with E-state index < -0.39 is 0 Å². The fourth-order valence-electron chi connectivity index (χ4n) is 1.40. The van der Waals surface area contributed by atoms with Gasteiger partial charge in [-0.1, -0.05) is 29.8 Å². The first-order chi connectivity index (χ1) is 8.69. The third kappa shape index (κ3) is 2.74. The topological polar surface area (TPSA) is 74.2 Å². The van der Waals surface area contributed by atoms with Crippen LogP contribution in [0.2, 0.25) is 0 Å². The van der Waals surface area contributed by atoms with E-state index >= 15 is 0 Å². The molecule has 0 aliphatic heterocycles. The molecule has 0 fully saturated rings. The Bertz CT molecular complexity index is 605. The summed E-state index contributed by atoms with van der Waals surface area (Å²) in [4.78, 5) is 3.90.